The molecule has 0 radical (unpaired) electrons. The fourth-order valence-electron chi connectivity index (χ4n) is 4.53. The standard InChI is InChI=1S/C18H19NO3/c1-10-8-12-15-16(18(21)22-17(15)20)14(10)13(19(12)2)9-11-6-4-3-5-7-11/h3-8,12-16H,9H2,1-2H3. The Bertz CT molecular complexity index is 666. The van der Waals surface area contributed by atoms with Crippen LogP contribution in [0.4, 0.5) is 0 Å². The van der Waals surface area contributed by atoms with Gasteiger partial charge in [-0.05, 0) is 26.0 Å². The quantitative estimate of drug-likeness (QED) is 0.474. The summed E-state index contributed by atoms with van der Waals surface area (Å²) in [7, 11) is 2.06. The number of benzene rings is 1. The topological polar surface area (TPSA) is 46.6 Å². The van der Waals surface area contributed by atoms with Crippen LogP contribution in [0.1, 0.15) is 12.5 Å². The number of esters is 2. The number of nitrogens with zero attached hydrogens (tertiary/aromatic N) is 1. The zero-order chi connectivity index (χ0) is 15.4. The second-order valence-corrected chi connectivity index (χ2v) is 6.64. The molecule has 1 aliphatic carbocycles. The molecule has 1 aromatic rings. The first-order valence-corrected chi connectivity index (χ1v) is 7.77. The minimum atomic E-state index is -0.348. The fraction of sp³-hybridized carbons (Fsp3) is 0.444. The maximum Gasteiger partial charge on any atom is 0.319 e. The molecule has 0 aromatic heterocycles. The van der Waals surface area contributed by atoms with Gasteiger partial charge >= 0.3 is 11.9 Å². The predicted octanol–water partition coefficient (Wildman–Crippen LogP) is 1.80. The molecular formula is C18H19NO3. The van der Waals surface area contributed by atoms with E-state index < -0.39 is 0 Å². The van der Waals surface area contributed by atoms with Gasteiger partial charge in [0, 0.05) is 18.0 Å². The maximum atomic E-state index is 12.2. The Morgan fingerprint density at radius 3 is 2.45 bits per heavy atom. The van der Waals surface area contributed by atoms with E-state index in [4.69, 9.17) is 4.74 Å². The number of ether oxygens (including phenoxy) is 1. The van der Waals surface area contributed by atoms with Crippen molar-refractivity contribution < 1.29 is 14.3 Å². The Morgan fingerprint density at radius 2 is 1.73 bits per heavy atom. The molecule has 3 heterocycles. The molecule has 2 bridgehead atoms. The summed E-state index contributed by atoms with van der Waals surface area (Å²) in [5.74, 6) is -1.23. The van der Waals surface area contributed by atoms with Gasteiger partial charge in [0.15, 0.2) is 0 Å². The lowest BCUT2D eigenvalue weighted by atomic mass is 9.62. The fourth-order valence-corrected chi connectivity index (χ4v) is 4.53. The molecule has 3 aliphatic heterocycles. The van der Waals surface area contributed by atoms with E-state index in [1.54, 1.807) is 0 Å². The summed E-state index contributed by atoms with van der Waals surface area (Å²) in [5.41, 5.74) is 2.48. The van der Waals surface area contributed by atoms with Gasteiger partial charge in [0.2, 0.25) is 0 Å². The van der Waals surface area contributed by atoms with Crippen molar-refractivity contribution in [2.45, 2.75) is 25.4 Å². The van der Waals surface area contributed by atoms with E-state index in [0.29, 0.717) is 0 Å². The van der Waals surface area contributed by atoms with Crippen molar-refractivity contribution in [1.82, 2.24) is 4.90 Å². The smallest absolute Gasteiger partial charge is 0.319 e. The first kappa shape index (κ1) is 13.7. The highest BCUT2D eigenvalue weighted by atomic mass is 16.6. The second-order valence-electron chi connectivity index (χ2n) is 6.64. The lowest BCUT2D eigenvalue weighted by Gasteiger charge is -2.52. The van der Waals surface area contributed by atoms with E-state index in [0.717, 1.165) is 6.42 Å². The molecule has 4 heteroatoms. The summed E-state index contributed by atoms with van der Waals surface area (Å²) in [5, 5.41) is 0. The molecule has 5 unspecified atom stereocenters. The molecule has 4 nitrogen and oxygen atoms in total. The van der Waals surface area contributed by atoms with E-state index in [1.165, 1.54) is 11.1 Å². The average Bonchev–Trinajstić information content (AvgIpc) is 2.80. The Kier molecular flexibility index (Phi) is 2.98. The van der Waals surface area contributed by atoms with Crippen molar-refractivity contribution in [3.05, 3.63) is 47.5 Å². The van der Waals surface area contributed by atoms with Crippen LogP contribution in [0.3, 0.4) is 0 Å². The first-order valence-electron chi connectivity index (χ1n) is 7.77. The number of fused-ring (bicyclic) bond motifs is 1. The van der Waals surface area contributed by atoms with Crippen LogP contribution in [0.25, 0.3) is 0 Å². The summed E-state index contributed by atoms with van der Waals surface area (Å²) < 4.78 is 4.95. The zero-order valence-electron chi connectivity index (χ0n) is 12.7. The van der Waals surface area contributed by atoms with Crippen molar-refractivity contribution in [1.29, 1.82) is 0 Å². The lowest BCUT2D eigenvalue weighted by Crippen LogP contribution is -2.61. The number of carbonyl (C=O) groups is 2. The molecular weight excluding hydrogens is 278 g/mol. The van der Waals surface area contributed by atoms with Gasteiger partial charge in [-0.3, -0.25) is 14.5 Å². The third-order valence-corrected chi connectivity index (χ3v) is 5.54. The van der Waals surface area contributed by atoms with Gasteiger partial charge in [-0.25, -0.2) is 0 Å². The summed E-state index contributed by atoms with van der Waals surface area (Å²) in [6.45, 7) is 2.08. The molecule has 5 atom stereocenters. The highest BCUT2D eigenvalue weighted by molar-refractivity contribution is 5.98. The van der Waals surface area contributed by atoms with E-state index in [2.05, 4.69) is 37.1 Å². The number of carbonyl (C=O) groups excluding carboxylic acids is 2. The Labute approximate surface area is 129 Å². The number of cyclic esters (lactones) is 2. The van der Waals surface area contributed by atoms with E-state index in [-0.39, 0.29) is 41.8 Å². The van der Waals surface area contributed by atoms with Crippen LogP contribution in [0.2, 0.25) is 0 Å². The van der Waals surface area contributed by atoms with E-state index in [9.17, 15) is 9.59 Å². The van der Waals surface area contributed by atoms with Crippen molar-refractivity contribution in [3.8, 4) is 0 Å². The number of hydrogen-bond acceptors (Lipinski definition) is 4. The van der Waals surface area contributed by atoms with Crippen molar-refractivity contribution in [3.63, 3.8) is 0 Å². The third kappa shape index (κ3) is 1.80. The molecule has 114 valence electrons. The summed E-state index contributed by atoms with van der Waals surface area (Å²) in [6, 6.07) is 10.5. The van der Waals surface area contributed by atoms with Crippen LogP contribution in [0.15, 0.2) is 42.0 Å². The highest BCUT2D eigenvalue weighted by Crippen LogP contribution is 2.50. The van der Waals surface area contributed by atoms with Gasteiger partial charge in [0.05, 0.1) is 11.8 Å². The SMILES string of the molecule is CC1=CC2C3C(=O)OC(=O)C3C1C(Cc1ccccc1)N2C. The first-order chi connectivity index (χ1) is 10.6. The van der Waals surface area contributed by atoms with Gasteiger partial charge in [0.25, 0.3) is 0 Å². The molecule has 0 spiro atoms. The van der Waals surface area contributed by atoms with Crippen LogP contribution in [0, 0.1) is 17.8 Å². The van der Waals surface area contributed by atoms with Gasteiger partial charge in [0.1, 0.15) is 0 Å². The van der Waals surface area contributed by atoms with Crippen molar-refractivity contribution in [2.24, 2.45) is 17.8 Å². The monoisotopic (exact) mass is 297 g/mol. The summed E-state index contributed by atoms with van der Waals surface area (Å²) in [6.07, 6.45) is 3.03. The molecule has 22 heavy (non-hydrogen) atoms. The van der Waals surface area contributed by atoms with Gasteiger partial charge in [-0.1, -0.05) is 42.0 Å². The van der Waals surface area contributed by atoms with Crippen molar-refractivity contribution in [2.75, 3.05) is 7.05 Å². The Hall–Kier alpha value is -1.94. The Balaban J connectivity index is 1.72. The van der Waals surface area contributed by atoms with Crippen LogP contribution in [-0.2, 0) is 20.7 Å². The predicted molar refractivity (Wildman–Crippen MR) is 80.8 cm³/mol. The van der Waals surface area contributed by atoms with E-state index >= 15 is 0 Å². The number of likely N-dealkylation sites (N-methyl/N-ethyl adjacent to an activating group) is 1. The Morgan fingerprint density at radius 1 is 1.05 bits per heavy atom. The number of hydrogen-bond donors (Lipinski definition) is 0. The van der Waals surface area contributed by atoms with Crippen LogP contribution >= 0.6 is 0 Å². The van der Waals surface area contributed by atoms with Crippen LogP contribution in [0.5, 0.6) is 0 Å². The molecule has 0 N–H and O–H groups in total. The molecule has 2 fully saturated rings. The lowest BCUT2D eigenvalue weighted by molar-refractivity contribution is -0.153. The van der Waals surface area contributed by atoms with Gasteiger partial charge in [-0.2, -0.15) is 0 Å². The van der Waals surface area contributed by atoms with Gasteiger partial charge < -0.3 is 4.74 Å². The highest BCUT2D eigenvalue weighted by Gasteiger charge is 2.61. The normalized spacial score (nSPS) is 37.0. The van der Waals surface area contributed by atoms with Crippen molar-refractivity contribution >= 4 is 11.9 Å². The average molecular weight is 297 g/mol. The van der Waals surface area contributed by atoms with Gasteiger partial charge in [-0.15, -0.1) is 0 Å². The zero-order valence-corrected chi connectivity index (χ0v) is 12.7. The molecule has 1 aromatic carbocycles. The molecule has 2 saturated heterocycles. The van der Waals surface area contributed by atoms with Crippen LogP contribution in [-0.4, -0.2) is 36.0 Å². The molecule has 0 amide bonds. The minimum absolute atomic E-state index is 0.0253. The summed E-state index contributed by atoms with van der Waals surface area (Å²) >= 11 is 0. The second kappa shape index (κ2) is 4.78. The van der Waals surface area contributed by atoms with Crippen LogP contribution < -0.4 is 0 Å². The third-order valence-electron chi connectivity index (χ3n) is 5.54. The largest absolute Gasteiger partial charge is 0.393 e. The molecule has 0 saturated carbocycles. The minimum Gasteiger partial charge on any atom is -0.393 e. The molecule has 4 aliphatic rings. The molecule has 5 rings (SSSR count). The van der Waals surface area contributed by atoms with E-state index in [1.807, 2.05) is 18.2 Å². The maximum absolute atomic E-state index is 12.2. The number of rotatable bonds is 2. The summed E-state index contributed by atoms with van der Waals surface area (Å²) in [4.78, 5) is 26.5. The number of piperidine rings is 1.